The number of pyridine rings is 1. The minimum atomic E-state index is -4.56. The van der Waals surface area contributed by atoms with Crippen LogP contribution in [0.4, 0.5) is 24.7 Å². The largest absolute Gasteiger partial charge is 0.433 e. The van der Waals surface area contributed by atoms with E-state index < -0.39 is 11.9 Å². The van der Waals surface area contributed by atoms with Gasteiger partial charge in [0.1, 0.15) is 23.5 Å². The molecule has 1 aliphatic heterocycles. The lowest BCUT2D eigenvalue weighted by molar-refractivity contribution is -0.141. The monoisotopic (exact) mass is 466 g/mol. The van der Waals surface area contributed by atoms with Crippen molar-refractivity contribution in [1.82, 2.24) is 19.5 Å². The Hall–Kier alpha value is -3.95. The van der Waals surface area contributed by atoms with Crippen LogP contribution in [0.2, 0.25) is 0 Å². The van der Waals surface area contributed by atoms with Crippen LogP contribution in [-0.2, 0) is 24.4 Å². The number of hydrogen-bond acceptors (Lipinski definition) is 5. The zero-order valence-corrected chi connectivity index (χ0v) is 18.5. The molecule has 34 heavy (non-hydrogen) atoms. The summed E-state index contributed by atoms with van der Waals surface area (Å²) in [4.78, 5) is 26.7. The molecule has 0 aliphatic carbocycles. The van der Waals surface area contributed by atoms with Gasteiger partial charge in [-0.1, -0.05) is 19.1 Å². The summed E-state index contributed by atoms with van der Waals surface area (Å²) in [6.45, 7) is 2.45. The molecule has 1 atom stereocenters. The van der Waals surface area contributed by atoms with Crippen molar-refractivity contribution in [3.8, 4) is 11.1 Å². The molecule has 0 fully saturated rings. The predicted octanol–water partition coefficient (Wildman–Crippen LogP) is 4.32. The van der Waals surface area contributed by atoms with E-state index in [0.29, 0.717) is 12.4 Å². The summed E-state index contributed by atoms with van der Waals surface area (Å²) in [5.41, 5.74) is 9.48. The first-order chi connectivity index (χ1) is 16.1. The van der Waals surface area contributed by atoms with Gasteiger partial charge in [-0.2, -0.15) is 13.2 Å². The molecular weight excluding hydrogens is 445 g/mol. The Bertz CT molecular complexity index is 1430. The van der Waals surface area contributed by atoms with E-state index in [1.165, 1.54) is 18.5 Å². The minimum Gasteiger partial charge on any atom is -0.383 e. The fourth-order valence-corrected chi connectivity index (χ4v) is 4.51. The SMILES string of the molecule is CC1CN(C(=O)Cc2cccc(C(F)(F)F)n2)c2ccc(-c3cn(C)c4ncnc(N)c34)cc21. The van der Waals surface area contributed by atoms with Crippen LogP contribution in [0.1, 0.15) is 29.8 Å². The molecule has 5 rings (SSSR count). The molecule has 0 saturated carbocycles. The minimum absolute atomic E-state index is 0.0527. The highest BCUT2D eigenvalue weighted by atomic mass is 19.4. The molecule has 0 radical (unpaired) electrons. The predicted molar refractivity (Wildman–Crippen MR) is 122 cm³/mol. The van der Waals surface area contributed by atoms with Gasteiger partial charge in [0.15, 0.2) is 0 Å². The maximum Gasteiger partial charge on any atom is 0.433 e. The molecule has 7 nitrogen and oxygen atoms in total. The summed E-state index contributed by atoms with van der Waals surface area (Å²) in [7, 11) is 1.89. The molecule has 1 aliphatic rings. The second kappa shape index (κ2) is 7.82. The number of fused-ring (bicyclic) bond motifs is 2. The number of aryl methyl sites for hydroxylation is 1. The summed E-state index contributed by atoms with van der Waals surface area (Å²) < 4.78 is 40.8. The van der Waals surface area contributed by atoms with Crippen molar-refractivity contribution in [2.45, 2.75) is 25.4 Å². The average Bonchev–Trinajstić information content (AvgIpc) is 3.31. The molecule has 3 aromatic heterocycles. The van der Waals surface area contributed by atoms with Crippen LogP contribution in [0.5, 0.6) is 0 Å². The van der Waals surface area contributed by atoms with E-state index in [0.717, 1.165) is 39.5 Å². The number of halogens is 3. The van der Waals surface area contributed by atoms with E-state index in [9.17, 15) is 18.0 Å². The van der Waals surface area contributed by atoms with Crippen LogP contribution >= 0.6 is 0 Å². The number of alkyl halides is 3. The molecule has 174 valence electrons. The van der Waals surface area contributed by atoms with Crippen molar-refractivity contribution in [3.63, 3.8) is 0 Å². The zero-order chi connectivity index (χ0) is 24.2. The number of carbonyl (C=O) groups is 1. The summed E-state index contributed by atoms with van der Waals surface area (Å²) in [5, 5.41) is 0.763. The summed E-state index contributed by atoms with van der Waals surface area (Å²) in [6, 6.07) is 9.39. The van der Waals surface area contributed by atoms with E-state index in [-0.39, 0.29) is 23.9 Å². The Morgan fingerprint density at radius 1 is 1.21 bits per heavy atom. The number of rotatable bonds is 3. The Morgan fingerprint density at radius 3 is 2.76 bits per heavy atom. The van der Waals surface area contributed by atoms with Crippen LogP contribution < -0.4 is 10.6 Å². The molecule has 4 heterocycles. The molecule has 0 spiro atoms. The Morgan fingerprint density at radius 2 is 2.00 bits per heavy atom. The van der Waals surface area contributed by atoms with E-state index in [1.54, 1.807) is 4.90 Å². The van der Waals surface area contributed by atoms with Crippen molar-refractivity contribution in [2.24, 2.45) is 7.05 Å². The molecular formula is C24H21F3N6O. The molecule has 4 aromatic rings. The van der Waals surface area contributed by atoms with E-state index in [1.807, 2.05) is 42.9 Å². The second-order valence-electron chi connectivity index (χ2n) is 8.48. The second-order valence-corrected chi connectivity index (χ2v) is 8.48. The van der Waals surface area contributed by atoms with E-state index in [2.05, 4.69) is 15.0 Å². The number of carbonyl (C=O) groups excluding carboxylic acids is 1. The highest BCUT2D eigenvalue weighted by molar-refractivity contribution is 6.02. The van der Waals surface area contributed by atoms with Gasteiger partial charge in [-0.15, -0.1) is 0 Å². The van der Waals surface area contributed by atoms with Crippen molar-refractivity contribution in [3.05, 3.63) is 65.9 Å². The van der Waals surface area contributed by atoms with Gasteiger partial charge in [-0.05, 0) is 35.4 Å². The van der Waals surface area contributed by atoms with Gasteiger partial charge in [0.2, 0.25) is 5.91 Å². The summed E-state index contributed by atoms with van der Waals surface area (Å²) in [5.74, 6) is 0.143. The lowest BCUT2D eigenvalue weighted by atomic mass is 9.97. The molecule has 1 unspecified atom stereocenters. The Kier molecular flexibility index (Phi) is 5.03. The third-order valence-electron chi connectivity index (χ3n) is 6.13. The third-order valence-corrected chi connectivity index (χ3v) is 6.13. The van der Waals surface area contributed by atoms with Crippen LogP contribution in [0.25, 0.3) is 22.2 Å². The fraction of sp³-hybridized carbons (Fsp3) is 0.250. The first kappa shape index (κ1) is 21.9. The summed E-state index contributed by atoms with van der Waals surface area (Å²) in [6.07, 6.45) is -1.40. The fourth-order valence-electron chi connectivity index (χ4n) is 4.51. The smallest absolute Gasteiger partial charge is 0.383 e. The standard InChI is InChI=1S/C24H21F3N6O/c1-13-10-33(20(34)9-15-4-3-5-19(31-15)24(25,26)27)18-7-6-14(8-16(13)18)17-11-32(2)23-21(17)22(28)29-12-30-23/h3-8,11-13H,9-10H2,1-2H3,(H2,28,29,30). The van der Waals surface area contributed by atoms with Crippen molar-refractivity contribution in [1.29, 1.82) is 0 Å². The first-order valence-electron chi connectivity index (χ1n) is 10.7. The summed E-state index contributed by atoms with van der Waals surface area (Å²) >= 11 is 0. The van der Waals surface area contributed by atoms with Crippen LogP contribution in [-0.4, -0.2) is 32.0 Å². The number of nitrogens with zero attached hydrogens (tertiary/aromatic N) is 5. The van der Waals surface area contributed by atoms with E-state index in [4.69, 9.17) is 5.73 Å². The normalized spacial score (nSPS) is 15.7. The van der Waals surface area contributed by atoms with Gasteiger partial charge < -0.3 is 15.2 Å². The van der Waals surface area contributed by atoms with Crippen LogP contribution in [0, 0.1) is 0 Å². The number of benzene rings is 1. The molecule has 1 aromatic carbocycles. The highest BCUT2D eigenvalue weighted by Gasteiger charge is 2.34. The van der Waals surface area contributed by atoms with Gasteiger partial charge in [0.25, 0.3) is 0 Å². The molecule has 2 N–H and O–H groups in total. The van der Waals surface area contributed by atoms with E-state index >= 15 is 0 Å². The lowest BCUT2D eigenvalue weighted by Gasteiger charge is -2.18. The maximum absolute atomic E-state index is 13.0. The quantitative estimate of drug-likeness (QED) is 0.486. The number of hydrogen-bond donors (Lipinski definition) is 1. The van der Waals surface area contributed by atoms with Gasteiger partial charge in [0, 0.05) is 37.0 Å². The highest BCUT2D eigenvalue weighted by Crippen LogP contribution is 2.41. The lowest BCUT2D eigenvalue weighted by Crippen LogP contribution is -2.31. The molecule has 0 saturated heterocycles. The number of nitrogen functional groups attached to an aromatic ring is 1. The molecule has 10 heteroatoms. The number of aromatic nitrogens is 4. The number of anilines is 2. The van der Waals surface area contributed by atoms with Gasteiger partial charge in [-0.25, -0.2) is 15.0 Å². The topological polar surface area (TPSA) is 89.9 Å². The van der Waals surface area contributed by atoms with Gasteiger partial charge in [0.05, 0.1) is 17.5 Å². The Balaban J connectivity index is 1.46. The number of amides is 1. The third kappa shape index (κ3) is 3.64. The van der Waals surface area contributed by atoms with Crippen molar-refractivity contribution >= 4 is 28.4 Å². The zero-order valence-electron chi connectivity index (χ0n) is 18.5. The Labute approximate surface area is 193 Å². The number of nitrogens with two attached hydrogens (primary N) is 1. The maximum atomic E-state index is 13.0. The van der Waals surface area contributed by atoms with Gasteiger partial charge >= 0.3 is 6.18 Å². The molecule has 1 amide bonds. The average molecular weight is 466 g/mol. The van der Waals surface area contributed by atoms with Crippen molar-refractivity contribution < 1.29 is 18.0 Å². The molecule has 0 bridgehead atoms. The van der Waals surface area contributed by atoms with Gasteiger partial charge in [-0.3, -0.25) is 4.79 Å². The van der Waals surface area contributed by atoms with Crippen LogP contribution in [0.15, 0.2) is 48.9 Å². The first-order valence-corrected chi connectivity index (χ1v) is 10.7. The van der Waals surface area contributed by atoms with Crippen molar-refractivity contribution in [2.75, 3.05) is 17.2 Å². The van der Waals surface area contributed by atoms with Crippen LogP contribution in [0.3, 0.4) is 0 Å².